The number of amides is 12. The number of phenolic OH excluding ortho intramolecular Hbond substituents is 1. The second-order valence-corrected chi connectivity index (χ2v) is 30.3. The predicted molar refractivity (Wildman–Crippen MR) is 415 cm³/mol. The second kappa shape index (κ2) is 45.0. The van der Waals surface area contributed by atoms with Gasteiger partial charge in [0.1, 0.15) is 115 Å². The van der Waals surface area contributed by atoms with Crippen LogP contribution < -0.4 is 64.6 Å². The minimum absolute atomic E-state index is 0.0180. The molecule has 0 spiro atoms. The molecule has 4 aromatic carbocycles. The number of aliphatic hydroxyl groups excluding tert-OH is 7. The highest BCUT2D eigenvalue weighted by atomic mass is 16.7. The average molecular weight is 1640 g/mol. The highest BCUT2D eigenvalue weighted by molar-refractivity contribution is 6.01. The Bertz CT molecular complexity index is 3970. The molecule has 0 bridgehead atoms. The van der Waals surface area contributed by atoms with Crippen LogP contribution in [0.1, 0.15) is 101 Å². The van der Waals surface area contributed by atoms with Crippen molar-refractivity contribution in [1.29, 1.82) is 0 Å². The third-order valence-electron chi connectivity index (χ3n) is 20.5. The van der Waals surface area contributed by atoms with Gasteiger partial charge in [-0.25, -0.2) is 0 Å². The fourth-order valence-corrected chi connectivity index (χ4v) is 14.1. The summed E-state index contributed by atoms with van der Waals surface area (Å²) in [6.07, 6.45) is -20.6. The first-order valence-electron chi connectivity index (χ1n) is 39.3. The van der Waals surface area contributed by atoms with Gasteiger partial charge in [-0.1, -0.05) is 131 Å². The van der Waals surface area contributed by atoms with Gasteiger partial charge in [-0.3, -0.25) is 57.5 Å². The van der Waals surface area contributed by atoms with Gasteiger partial charge in [-0.15, -0.1) is 0 Å². The third-order valence-corrected chi connectivity index (χ3v) is 20.5. The summed E-state index contributed by atoms with van der Waals surface area (Å²) in [6, 6.07) is 15.1. The van der Waals surface area contributed by atoms with E-state index in [4.69, 9.17) is 30.4 Å². The van der Waals surface area contributed by atoms with E-state index in [1.807, 2.05) is 0 Å². The van der Waals surface area contributed by atoms with Gasteiger partial charge in [0.25, 0.3) is 0 Å². The monoisotopic (exact) mass is 1640 g/mol. The number of aromatic hydroxyl groups is 1. The Morgan fingerprint density at radius 3 is 1.49 bits per heavy atom. The lowest BCUT2D eigenvalue weighted by Crippen LogP contribution is -2.64. The van der Waals surface area contributed by atoms with Crippen LogP contribution in [-0.2, 0) is 102 Å². The number of phenols is 1. The van der Waals surface area contributed by atoms with Gasteiger partial charge in [0.15, 0.2) is 12.6 Å². The number of nitrogens with zero attached hydrogens (tertiary/aromatic N) is 1. The van der Waals surface area contributed by atoms with Crippen molar-refractivity contribution in [2.75, 3.05) is 39.5 Å². The molecule has 117 heavy (non-hydrogen) atoms. The molecular formula is C80H111N13O24. The smallest absolute Gasteiger partial charge is 0.246 e. The van der Waals surface area contributed by atoms with Gasteiger partial charge < -0.3 is 129 Å². The molecule has 37 heteroatoms. The summed E-state index contributed by atoms with van der Waals surface area (Å²) in [7, 11) is 0. The predicted octanol–water partition coefficient (Wildman–Crippen LogP) is -5.12. The van der Waals surface area contributed by atoms with E-state index in [1.165, 1.54) is 29.2 Å². The average Bonchev–Trinajstić information content (AvgIpc) is 1.26. The molecule has 4 aromatic rings. The van der Waals surface area contributed by atoms with Crippen LogP contribution in [0.4, 0.5) is 0 Å². The molecule has 37 nitrogen and oxygen atoms in total. The third kappa shape index (κ3) is 26.9. The Morgan fingerprint density at radius 2 is 0.957 bits per heavy atom. The number of hydrogen-bond acceptors (Lipinski definition) is 25. The largest absolute Gasteiger partial charge is 0.508 e. The lowest BCUT2D eigenvalue weighted by Gasteiger charge is -2.45. The summed E-state index contributed by atoms with van der Waals surface area (Å²) in [6.45, 7) is 4.03. The number of ether oxygens (including phenoxy) is 4. The van der Waals surface area contributed by atoms with Gasteiger partial charge in [0, 0.05) is 45.2 Å². The molecule has 0 saturated carbocycles. The van der Waals surface area contributed by atoms with Crippen LogP contribution in [-0.4, -0.2) is 278 Å². The van der Waals surface area contributed by atoms with Crippen molar-refractivity contribution >= 4 is 70.9 Å². The standard InChI is InChI=1S/C80H111N13O24/c1-42(2)34-51-71(106)91-56(38-46-20-12-7-13-21-46)78(113)93-32-15-23-57(93)76(111)90-53(36-45-18-10-6-11-19-45)73(108)88-52(35-44-16-8-5-9-17-44)72(107)89-55(39-61(98)83-31-33-114-79-67(103)65(101)68(59(41-95)116-79)117-80-66(102)64(100)63(99)58(40-94)115-80)74(109)84-50(28-29-60(82)97)70(105)87-54(37-47-24-26-48(96)27-25-47)75(110)92-62(43(3)4)77(112)85-49(22-14-30-81)69(104)86-51/h5-13,16-21,24-27,42-43,49-59,62-68,79-80,94-96,99-103H,14-15,22-23,28-41,81H2,1-4H3,(H2,82,97)(H,83,98)(H,84,109)(H,85,112)(H,86,104)(H,87,105)(H,88,108)(H,89,107)(H,90,111)(H,91,106)(H,92,110)/t49-,50-,51-,52+,53-,54-,55-,56+,57-,58+,59+,62-,63-,64-,65+,66+,67+,68+,79+,80-/m0/s1. The van der Waals surface area contributed by atoms with Gasteiger partial charge in [-0.2, -0.15) is 0 Å². The van der Waals surface area contributed by atoms with E-state index >= 15 is 28.8 Å². The topological polar surface area (TPSA) is 579 Å². The Kier molecular flexibility index (Phi) is 35.5. The molecule has 20 atom stereocenters. The van der Waals surface area contributed by atoms with Gasteiger partial charge in [0.05, 0.1) is 26.2 Å². The summed E-state index contributed by atoms with van der Waals surface area (Å²) in [5.74, 6) is -12.7. The van der Waals surface area contributed by atoms with Crippen LogP contribution in [0.15, 0.2) is 115 Å². The maximum Gasteiger partial charge on any atom is 0.246 e. The molecule has 4 aliphatic rings. The summed E-state index contributed by atoms with van der Waals surface area (Å²) < 4.78 is 22.4. The van der Waals surface area contributed by atoms with Gasteiger partial charge >= 0.3 is 0 Å². The van der Waals surface area contributed by atoms with Gasteiger partial charge in [0.2, 0.25) is 70.9 Å². The molecule has 22 N–H and O–H groups in total. The number of hydrogen-bond donors (Lipinski definition) is 20. The molecule has 4 aliphatic heterocycles. The van der Waals surface area contributed by atoms with Crippen LogP contribution in [0.25, 0.3) is 0 Å². The van der Waals surface area contributed by atoms with Crippen molar-refractivity contribution in [2.24, 2.45) is 23.3 Å². The van der Waals surface area contributed by atoms with Crippen molar-refractivity contribution in [1.82, 2.24) is 58.1 Å². The van der Waals surface area contributed by atoms with E-state index in [2.05, 4.69) is 53.2 Å². The molecule has 4 saturated heterocycles. The first-order valence-corrected chi connectivity index (χ1v) is 39.3. The molecule has 8 rings (SSSR count). The van der Waals surface area contributed by atoms with Crippen LogP contribution in [0.3, 0.4) is 0 Å². The Labute approximate surface area is 676 Å². The number of fused-ring (bicyclic) bond motifs is 1. The number of primary amides is 1. The second-order valence-electron chi connectivity index (χ2n) is 30.3. The minimum Gasteiger partial charge on any atom is -0.508 e. The van der Waals surface area contributed by atoms with Crippen molar-refractivity contribution in [3.05, 3.63) is 138 Å². The van der Waals surface area contributed by atoms with Crippen molar-refractivity contribution in [2.45, 2.75) is 227 Å². The minimum atomic E-state index is -2.05. The normalized spacial score (nSPS) is 29.3. The van der Waals surface area contributed by atoms with Crippen molar-refractivity contribution < 1.29 is 117 Å². The molecule has 640 valence electrons. The summed E-state index contributed by atoms with van der Waals surface area (Å²) in [5, 5.41) is 111. The van der Waals surface area contributed by atoms with Crippen LogP contribution >= 0.6 is 0 Å². The number of carbonyl (C=O) groups is 12. The fourth-order valence-electron chi connectivity index (χ4n) is 14.1. The summed E-state index contributed by atoms with van der Waals surface area (Å²) in [4.78, 5) is 179. The fraction of sp³-hybridized carbons (Fsp3) is 0.550. The number of nitrogens with one attached hydrogen (secondary N) is 10. The quantitative estimate of drug-likeness (QED) is 0.0248. The molecule has 0 radical (unpaired) electrons. The zero-order valence-corrected chi connectivity index (χ0v) is 65.6. The highest BCUT2D eigenvalue weighted by Crippen LogP contribution is 2.30. The summed E-state index contributed by atoms with van der Waals surface area (Å²) >= 11 is 0. The number of carbonyl (C=O) groups excluding carboxylic acids is 12. The maximum atomic E-state index is 15.4. The lowest BCUT2D eigenvalue weighted by atomic mass is 9.97. The number of rotatable bonds is 27. The van der Waals surface area contributed by atoms with Crippen LogP contribution in [0.2, 0.25) is 0 Å². The molecule has 4 heterocycles. The zero-order valence-electron chi connectivity index (χ0n) is 65.6. The Hall–Kier alpha value is -10.2. The molecular weight excluding hydrogens is 1530 g/mol. The first kappa shape index (κ1) is 92.4. The van der Waals surface area contributed by atoms with Gasteiger partial charge in [-0.05, 0) is 91.3 Å². The lowest BCUT2D eigenvalue weighted by molar-refractivity contribution is -0.359. The Morgan fingerprint density at radius 1 is 0.513 bits per heavy atom. The molecule has 4 fully saturated rings. The van der Waals surface area contributed by atoms with Crippen LogP contribution in [0.5, 0.6) is 5.75 Å². The van der Waals surface area contributed by atoms with Crippen molar-refractivity contribution in [3.63, 3.8) is 0 Å². The van der Waals surface area contributed by atoms with E-state index in [1.54, 1.807) is 119 Å². The molecule has 0 aromatic heterocycles. The maximum absolute atomic E-state index is 15.4. The van der Waals surface area contributed by atoms with E-state index in [0.29, 0.717) is 28.7 Å². The van der Waals surface area contributed by atoms with E-state index in [0.717, 1.165) is 0 Å². The zero-order chi connectivity index (χ0) is 85.2. The number of nitrogens with two attached hydrogens (primary N) is 2. The number of benzene rings is 4. The molecule has 0 unspecified atom stereocenters. The SMILES string of the molecule is CC(C)C[C@@H]1NC(=O)[C@H](CCCN)NC(=O)[C@H](C(C)C)NC(=O)[C@H](Cc2ccc(O)cc2)NC(=O)[C@H](CCC(N)=O)NC(=O)[C@H](CC(=O)NCCO[C@@H]2O[C@H](CO)[C@@H](O[C@@H]3O[C@H](CO)[C@H](O)[C@H](O)[C@H]3O)[C@H](O)[C@H]2O)NC(=O)[C@@H](Cc2ccccc2)NC(=O)[C@H](Cc2ccccc2)NC(=O)[C@@H]2CCCN2C(=O)[C@@H](Cc2ccccc2)NC1=O. The Balaban J connectivity index is 1.16. The van der Waals surface area contributed by atoms with E-state index in [9.17, 15) is 69.6 Å². The van der Waals surface area contributed by atoms with Crippen LogP contribution in [0, 0.1) is 11.8 Å². The van der Waals surface area contributed by atoms with E-state index in [-0.39, 0.29) is 76.1 Å². The highest BCUT2D eigenvalue weighted by Gasteiger charge is 2.51. The summed E-state index contributed by atoms with van der Waals surface area (Å²) in [5.41, 5.74) is 13.5. The number of aliphatic hydroxyl groups is 7. The first-order chi connectivity index (χ1) is 55.9. The van der Waals surface area contributed by atoms with Crippen molar-refractivity contribution in [3.8, 4) is 5.75 Å². The molecule has 0 aliphatic carbocycles. The molecule has 12 amide bonds. The van der Waals surface area contributed by atoms with E-state index < -0.39 is 244 Å².